The molecule has 2 rings (SSSR count). The third-order valence-corrected chi connectivity index (χ3v) is 3.94. The lowest BCUT2D eigenvalue weighted by Crippen LogP contribution is -2.29. The first-order valence-corrected chi connectivity index (χ1v) is 7.18. The normalized spacial score (nSPS) is 15.2. The molecule has 0 saturated heterocycles. The molecule has 21 heavy (non-hydrogen) atoms. The summed E-state index contributed by atoms with van der Waals surface area (Å²) in [4.78, 5) is 11.7. The molecule has 0 N–H and O–H groups in total. The van der Waals surface area contributed by atoms with Crippen LogP contribution in [-0.4, -0.2) is 19.7 Å². The highest BCUT2D eigenvalue weighted by Gasteiger charge is 2.49. The van der Waals surface area contributed by atoms with Crippen LogP contribution in [-0.2, 0) is 16.5 Å². The zero-order valence-electron chi connectivity index (χ0n) is 10.4. The Morgan fingerprint density at radius 3 is 2.48 bits per heavy atom. The predicted octanol–water partition coefficient (Wildman–Crippen LogP) is 2.31. The molecule has 0 bridgehead atoms. The molecule has 9 heteroatoms. The van der Waals surface area contributed by atoms with Crippen molar-refractivity contribution in [2.24, 2.45) is 0 Å². The fourth-order valence-electron chi connectivity index (χ4n) is 2.04. The Balaban J connectivity index is 2.61. The lowest BCUT2D eigenvalue weighted by molar-refractivity contribution is -0.0500. The maximum absolute atomic E-state index is 12.4. The van der Waals surface area contributed by atoms with Crippen LogP contribution in [0.5, 0.6) is 5.75 Å². The number of nitriles is 1. The molecule has 0 radical (unpaired) electrons. The summed E-state index contributed by atoms with van der Waals surface area (Å²) in [7, 11) is -5.90. The van der Waals surface area contributed by atoms with Gasteiger partial charge in [-0.15, -0.1) is 0 Å². The fraction of sp³-hybridized carbons (Fsp3) is 0.333. The molecule has 1 aromatic carbocycles. The molecule has 0 atom stereocenters. The smallest absolute Gasteiger partial charge is 0.374 e. The summed E-state index contributed by atoms with van der Waals surface area (Å²) in [6.07, 6.45) is 0.729. The van der Waals surface area contributed by atoms with Crippen LogP contribution in [0.25, 0.3) is 0 Å². The van der Waals surface area contributed by atoms with Gasteiger partial charge >= 0.3 is 15.6 Å². The molecular formula is C12H8F3NO4S. The first-order chi connectivity index (χ1) is 9.67. The Bertz CT molecular complexity index is 747. The average molecular weight is 319 g/mol. The summed E-state index contributed by atoms with van der Waals surface area (Å²) in [5, 5.41) is 8.89. The Labute approximate surface area is 118 Å². The molecule has 0 fully saturated rings. The Morgan fingerprint density at radius 2 is 1.90 bits per heavy atom. The molecular weight excluding hydrogens is 311 g/mol. The van der Waals surface area contributed by atoms with E-state index in [0.29, 0.717) is 6.42 Å². The van der Waals surface area contributed by atoms with Gasteiger partial charge in [-0.3, -0.25) is 4.79 Å². The van der Waals surface area contributed by atoms with E-state index in [9.17, 15) is 26.4 Å². The minimum atomic E-state index is -5.90. The molecule has 0 spiro atoms. The third-order valence-electron chi connectivity index (χ3n) is 2.99. The number of ketones is 1. The maximum Gasteiger partial charge on any atom is 0.534 e. The van der Waals surface area contributed by atoms with Crippen LogP contribution in [0.2, 0.25) is 0 Å². The number of nitrogens with zero attached hydrogens (tertiary/aromatic N) is 1. The summed E-state index contributed by atoms with van der Waals surface area (Å²) in [5.74, 6) is -1.03. The van der Waals surface area contributed by atoms with Gasteiger partial charge in [-0.2, -0.15) is 26.9 Å². The number of carbonyl (C=O) groups is 1. The van der Waals surface area contributed by atoms with Gasteiger partial charge in [-0.05, 0) is 25.0 Å². The van der Waals surface area contributed by atoms with Crippen LogP contribution in [0.15, 0.2) is 12.1 Å². The SMILES string of the molecule is N#Cc1ccc2c(c1OS(=O)(=O)C(F)(F)F)CCCC2=O. The van der Waals surface area contributed by atoms with E-state index in [-0.39, 0.29) is 35.3 Å². The lowest BCUT2D eigenvalue weighted by Gasteiger charge is -2.19. The van der Waals surface area contributed by atoms with Crippen LogP contribution in [0.4, 0.5) is 13.2 Å². The van der Waals surface area contributed by atoms with Crippen LogP contribution in [0.1, 0.15) is 34.3 Å². The summed E-state index contributed by atoms with van der Waals surface area (Å²) in [6.45, 7) is 0. The molecule has 0 heterocycles. The third kappa shape index (κ3) is 2.71. The molecule has 1 aliphatic rings. The molecule has 5 nitrogen and oxygen atoms in total. The first-order valence-electron chi connectivity index (χ1n) is 5.77. The Hall–Kier alpha value is -2.08. The van der Waals surface area contributed by atoms with Crippen molar-refractivity contribution >= 4 is 15.9 Å². The second-order valence-electron chi connectivity index (χ2n) is 4.34. The van der Waals surface area contributed by atoms with Gasteiger partial charge in [0.15, 0.2) is 11.5 Å². The number of Topliss-reactive ketones (excluding diaryl/α,β-unsaturated/α-hetero) is 1. The number of benzene rings is 1. The van der Waals surface area contributed by atoms with Gasteiger partial charge in [0, 0.05) is 17.5 Å². The van der Waals surface area contributed by atoms with E-state index in [1.54, 1.807) is 6.07 Å². The number of fused-ring (bicyclic) bond motifs is 1. The van der Waals surface area contributed by atoms with E-state index < -0.39 is 21.4 Å². The molecule has 0 saturated carbocycles. The van der Waals surface area contributed by atoms with Gasteiger partial charge in [0.05, 0.1) is 5.56 Å². The highest BCUT2D eigenvalue weighted by atomic mass is 32.2. The second kappa shape index (κ2) is 5.04. The van der Waals surface area contributed by atoms with E-state index in [2.05, 4.69) is 4.18 Å². The van der Waals surface area contributed by atoms with Gasteiger partial charge in [0.25, 0.3) is 0 Å². The largest absolute Gasteiger partial charge is 0.534 e. The van der Waals surface area contributed by atoms with Gasteiger partial charge in [0.1, 0.15) is 6.07 Å². The van der Waals surface area contributed by atoms with Gasteiger partial charge in [-0.25, -0.2) is 0 Å². The summed E-state index contributed by atoms with van der Waals surface area (Å²) in [5.41, 5.74) is -5.86. The molecule has 1 aliphatic carbocycles. The highest BCUT2D eigenvalue weighted by molar-refractivity contribution is 7.88. The van der Waals surface area contributed by atoms with Crippen molar-refractivity contribution in [1.82, 2.24) is 0 Å². The molecule has 112 valence electrons. The van der Waals surface area contributed by atoms with Crippen LogP contribution in [0.3, 0.4) is 0 Å². The molecule has 1 aromatic rings. The van der Waals surface area contributed by atoms with Crippen molar-refractivity contribution in [3.8, 4) is 11.8 Å². The number of hydrogen-bond donors (Lipinski definition) is 0. The minimum absolute atomic E-state index is 0.0260. The second-order valence-corrected chi connectivity index (χ2v) is 5.88. The summed E-state index contributed by atoms with van der Waals surface area (Å²) >= 11 is 0. The Kier molecular flexibility index (Phi) is 3.67. The van der Waals surface area contributed by atoms with E-state index in [4.69, 9.17) is 5.26 Å². The van der Waals surface area contributed by atoms with Crippen LogP contribution in [0, 0.1) is 11.3 Å². The van der Waals surface area contributed by atoms with Gasteiger partial charge in [-0.1, -0.05) is 0 Å². The molecule has 0 amide bonds. The maximum atomic E-state index is 12.4. The lowest BCUT2D eigenvalue weighted by atomic mass is 9.88. The molecule has 0 aromatic heterocycles. The number of halogens is 3. The predicted molar refractivity (Wildman–Crippen MR) is 64.0 cm³/mol. The van der Waals surface area contributed by atoms with Crippen molar-refractivity contribution in [3.63, 3.8) is 0 Å². The van der Waals surface area contributed by atoms with Crippen molar-refractivity contribution in [2.45, 2.75) is 24.8 Å². The molecule has 0 unspecified atom stereocenters. The topological polar surface area (TPSA) is 84.2 Å². The van der Waals surface area contributed by atoms with Crippen molar-refractivity contribution in [1.29, 1.82) is 5.26 Å². The van der Waals surface area contributed by atoms with Crippen molar-refractivity contribution < 1.29 is 30.6 Å². The summed E-state index contributed by atoms with van der Waals surface area (Å²) < 4.78 is 63.5. The van der Waals surface area contributed by atoms with Crippen molar-refractivity contribution in [3.05, 3.63) is 28.8 Å². The zero-order valence-corrected chi connectivity index (χ0v) is 11.2. The van der Waals surface area contributed by atoms with Gasteiger partial charge < -0.3 is 4.18 Å². The minimum Gasteiger partial charge on any atom is -0.374 e. The van der Waals surface area contributed by atoms with Crippen LogP contribution >= 0.6 is 0 Å². The van der Waals surface area contributed by atoms with Gasteiger partial charge in [0.2, 0.25) is 0 Å². The van der Waals surface area contributed by atoms with E-state index >= 15 is 0 Å². The van der Waals surface area contributed by atoms with Crippen molar-refractivity contribution in [2.75, 3.05) is 0 Å². The van der Waals surface area contributed by atoms with E-state index in [0.717, 1.165) is 6.07 Å². The summed E-state index contributed by atoms with van der Waals surface area (Å²) in [6, 6.07) is 3.93. The zero-order chi connectivity index (χ0) is 15.8. The van der Waals surface area contributed by atoms with E-state index in [1.165, 1.54) is 6.07 Å². The number of hydrogen-bond acceptors (Lipinski definition) is 5. The number of alkyl halides is 3. The average Bonchev–Trinajstić information content (AvgIpc) is 2.38. The number of rotatable bonds is 2. The quantitative estimate of drug-likeness (QED) is 0.617. The highest BCUT2D eigenvalue weighted by Crippen LogP contribution is 2.36. The monoisotopic (exact) mass is 319 g/mol. The number of carbonyl (C=O) groups excluding carboxylic acids is 1. The Morgan fingerprint density at radius 1 is 1.24 bits per heavy atom. The van der Waals surface area contributed by atoms with E-state index in [1.807, 2.05) is 0 Å². The molecule has 0 aliphatic heterocycles. The fourth-order valence-corrected chi connectivity index (χ4v) is 2.54. The van der Waals surface area contributed by atoms with Crippen LogP contribution < -0.4 is 4.18 Å². The standard InChI is InChI=1S/C12H8F3NO4S/c13-12(14,15)21(18,19)20-11-7(6-16)4-5-8-9(11)2-1-3-10(8)17/h4-5H,1-3H2. The first kappa shape index (κ1) is 15.3.